The molecule has 0 aliphatic carbocycles. The molecule has 1 aromatic rings. The highest BCUT2D eigenvalue weighted by Crippen LogP contribution is 2.34. The van der Waals surface area contributed by atoms with Crippen molar-refractivity contribution in [3.8, 4) is 0 Å². The highest BCUT2D eigenvalue weighted by Gasteiger charge is 2.30. The minimum absolute atomic E-state index is 0.0750. The van der Waals surface area contributed by atoms with E-state index < -0.39 is 11.7 Å². The Labute approximate surface area is 121 Å². The maximum atomic E-state index is 12.8. The Morgan fingerprint density at radius 1 is 1.50 bits per heavy atom. The maximum absolute atomic E-state index is 12.8. The number of benzene rings is 1. The summed E-state index contributed by atoms with van der Waals surface area (Å²) in [5.41, 5.74) is 0.489. The molecule has 1 atom stereocenters. The van der Waals surface area contributed by atoms with E-state index >= 15 is 0 Å². The monoisotopic (exact) mass is 294 g/mol. The molecule has 0 bridgehead atoms. The number of thioether (sulfide) groups is 1. The van der Waals surface area contributed by atoms with Crippen molar-refractivity contribution in [1.29, 1.82) is 0 Å². The van der Waals surface area contributed by atoms with Crippen molar-refractivity contribution in [2.24, 2.45) is 0 Å². The third-order valence-corrected chi connectivity index (χ3v) is 4.36. The van der Waals surface area contributed by atoms with E-state index in [0.717, 1.165) is 17.9 Å². The van der Waals surface area contributed by atoms with Gasteiger partial charge in [0.25, 0.3) is 5.91 Å². The smallest absolute Gasteiger partial charge is 0.283 e. The molecule has 2 rings (SSSR count). The molecule has 6 heteroatoms. The second-order valence-electron chi connectivity index (χ2n) is 4.51. The molecule has 1 unspecified atom stereocenters. The van der Waals surface area contributed by atoms with Crippen LogP contribution in [0.4, 0.5) is 10.1 Å². The Balaban J connectivity index is 2.14. The lowest BCUT2D eigenvalue weighted by Crippen LogP contribution is -2.23. The van der Waals surface area contributed by atoms with Gasteiger partial charge in [-0.05, 0) is 18.6 Å². The average molecular weight is 294 g/mol. The van der Waals surface area contributed by atoms with Gasteiger partial charge in [-0.2, -0.15) is 0 Å². The Morgan fingerprint density at radius 3 is 2.80 bits per heavy atom. The average Bonchev–Trinajstić information content (AvgIpc) is 2.73. The summed E-state index contributed by atoms with van der Waals surface area (Å²) < 4.78 is 12.8. The number of hydrogen-bond donors (Lipinski definition) is 1. The standard InChI is InChI=1S/C14H15FN2O2S/c1-9(15)13(18)16-10-5-3-4-6-11(10)20-12-7-8-17(2)14(12)19/h3-6,12H,1,7-8H2,2H3,(H,16,18). The van der Waals surface area contributed by atoms with Gasteiger partial charge in [0.2, 0.25) is 5.91 Å². The Hall–Kier alpha value is -1.82. The van der Waals surface area contributed by atoms with Crippen LogP contribution >= 0.6 is 11.8 Å². The number of hydrogen-bond acceptors (Lipinski definition) is 3. The van der Waals surface area contributed by atoms with Gasteiger partial charge in [0, 0.05) is 18.5 Å². The molecular formula is C14H15FN2O2S. The van der Waals surface area contributed by atoms with Gasteiger partial charge in [-0.25, -0.2) is 4.39 Å². The van der Waals surface area contributed by atoms with Gasteiger partial charge < -0.3 is 10.2 Å². The van der Waals surface area contributed by atoms with Crippen molar-refractivity contribution in [2.45, 2.75) is 16.6 Å². The molecule has 0 saturated carbocycles. The van der Waals surface area contributed by atoms with E-state index in [0.29, 0.717) is 5.69 Å². The van der Waals surface area contributed by atoms with Crippen LogP contribution in [0.15, 0.2) is 41.6 Å². The summed E-state index contributed by atoms with van der Waals surface area (Å²) in [7, 11) is 1.77. The third-order valence-electron chi connectivity index (χ3n) is 3.03. The van der Waals surface area contributed by atoms with E-state index in [-0.39, 0.29) is 11.2 Å². The zero-order chi connectivity index (χ0) is 14.7. The Morgan fingerprint density at radius 2 is 2.20 bits per heavy atom. The summed E-state index contributed by atoms with van der Waals surface area (Å²) in [5, 5.41) is 2.29. The van der Waals surface area contributed by atoms with Crippen molar-refractivity contribution in [3.63, 3.8) is 0 Å². The molecule has 0 radical (unpaired) electrons. The zero-order valence-electron chi connectivity index (χ0n) is 11.1. The molecule has 1 aliphatic rings. The predicted octanol–water partition coefficient (Wildman–Crippen LogP) is 2.43. The van der Waals surface area contributed by atoms with Gasteiger partial charge in [0.05, 0.1) is 10.9 Å². The molecule has 1 N–H and O–H groups in total. The second-order valence-corrected chi connectivity index (χ2v) is 5.75. The lowest BCUT2D eigenvalue weighted by molar-refractivity contribution is -0.126. The highest BCUT2D eigenvalue weighted by atomic mass is 32.2. The number of carbonyl (C=O) groups is 2. The number of nitrogens with one attached hydrogen (secondary N) is 1. The van der Waals surface area contributed by atoms with Crippen LogP contribution in [0.5, 0.6) is 0 Å². The topological polar surface area (TPSA) is 49.4 Å². The summed E-state index contributed by atoms with van der Waals surface area (Å²) in [6.45, 7) is 3.69. The van der Waals surface area contributed by atoms with E-state index in [2.05, 4.69) is 11.9 Å². The molecule has 1 fully saturated rings. The zero-order valence-corrected chi connectivity index (χ0v) is 11.9. The minimum Gasteiger partial charge on any atom is -0.345 e. The molecular weight excluding hydrogens is 279 g/mol. The fourth-order valence-corrected chi connectivity index (χ4v) is 3.13. The Kier molecular flexibility index (Phi) is 4.44. The van der Waals surface area contributed by atoms with Crippen molar-refractivity contribution >= 4 is 29.3 Å². The van der Waals surface area contributed by atoms with Crippen LogP contribution in [0.3, 0.4) is 0 Å². The first-order valence-electron chi connectivity index (χ1n) is 6.15. The summed E-state index contributed by atoms with van der Waals surface area (Å²) >= 11 is 1.39. The van der Waals surface area contributed by atoms with Crippen LogP contribution in [0.1, 0.15) is 6.42 Å². The van der Waals surface area contributed by atoms with Gasteiger partial charge in [0.15, 0.2) is 5.83 Å². The van der Waals surface area contributed by atoms with Crippen LogP contribution in [0, 0.1) is 0 Å². The van der Waals surface area contributed by atoms with E-state index in [9.17, 15) is 14.0 Å². The van der Waals surface area contributed by atoms with Gasteiger partial charge in [-0.3, -0.25) is 9.59 Å². The van der Waals surface area contributed by atoms with Crippen LogP contribution in [0.2, 0.25) is 0 Å². The van der Waals surface area contributed by atoms with Gasteiger partial charge >= 0.3 is 0 Å². The lowest BCUT2D eigenvalue weighted by atomic mass is 10.3. The van der Waals surface area contributed by atoms with Gasteiger partial charge in [0.1, 0.15) is 0 Å². The number of carbonyl (C=O) groups excluding carboxylic acids is 2. The number of para-hydroxylation sites is 1. The quantitative estimate of drug-likeness (QED) is 0.868. The lowest BCUT2D eigenvalue weighted by Gasteiger charge is -2.13. The SMILES string of the molecule is C=C(F)C(=O)Nc1ccccc1SC1CCN(C)C1=O. The fraction of sp³-hybridized carbons (Fsp3) is 0.286. The molecule has 20 heavy (non-hydrogen) atoms. The largest absolute Gasteiger partial charge is 0.345 e. The summed E-state index contributed by atoms with van der Waals surface area (Å²) in [6.07, 6.45) is 0.762. The van der Waals surface area contributed by atoms with E-state index in [1.54, 1.807) is 30.1 Å². The minimum atomic E-state index is -1.04. The molecule has 4 nitrogen and oxygen atoms in total. The van der Waals surface area contributed by atoms with Gasteiger partial charge in [-0.15, -0.1) is 11.8 Å². The summed E-state index contributed by atoms with van der Waals surface area (Å²) in [6, 6.07) is 7.02. The Bertz CT molecular complexity index is 562. The molecule has 0 spiro atoms. The first-order valence-corrected chi connectivity index (χ1v) is 7.03. The van der Waals surface area contributed by atoms with Crippen molar-refractivity contribution in [2.75, 3.05) is 18.9 Å². The van der Waals surface area contributed by atoms with Gasteiger partial charge in [-0.1, -0.05) is 18.7 Å². The first-order chi connectivity index (χ1) is 9.49. The first kappa shape index (κ1) is 14.6. The second kappa shape index (κ2) is 6.09. The van der Waals surface area contributed by atoms with E-state index in [1.807, 2.05) is 6.07 Å². The molecule has 106 valence electrons. The van der Waals surface area contributed by atoms with Crippen molar-refractivity contribution in [1.82, 2.24) is 4.90 Å². The summed E-state index contributed by atoms with van der Waals surface area (Å²) in [4.78, 5) is 25.7. The third kappa shape index (κ3) is 3.19. The van der Waals surface area contributed by atoms with Crippen LogP contribution in [-0.2, 0) is 9.59 Å². The van der Waals surface area contributed by atoms with E-state index in [1.165, 1.54) is 11.8 Å². The van der Waals surface area contributed by atoms with Crippen molar-refractivity contribution in [3.05, 3.63) is 36.7 Å². The number of likely N-dealkylation sites (tertiary alicyclic amines) is 1. The molecule has 1 saturated heterocycles. The molecule has 0 aromatic heterocycles. The number of amides is 2. The van der Waals surface area contributed by atoms with Crippen LogP contribution in [0.25, 0.3) is 0 Å². The van der Waals surface area contributed by atoms with Crippen LogP contribution in [-0.4, -0.2) is 35.6 Å². The molecule has 1 aliphatic heterocycles. The molecule has 1 aromatic carbocycles. The molecule has 1 heterocycles. The number of halogens is 1. The number of nitrogens with zero attached hydrogens (tertiary/aromatic N) is 1. The number of anilines is 1. The fourth-order valence-electron chi connectivity index (χ4n) is 1.92. The normalized spacial score (nSPS) is 18.2. The maximum Gasteiger partial charge on any atom is 0.283 e. The number of rotatable bonds is 4. The molecule has 2 amide bonds. The van der Waals surface area contributed by atoms with Crippen molar-refractivity contribution < 1.29 is 14.0 Å². The summed E-state index contributed by atoms with van der Waals surface area (Å²) in [5.74, 6) is -1.83. The predicted molar refractivity (Wildman–Crippen MR) is 77.2 cm³/mol. The highest BCUT2D eigenvalue weighted by molar-refractivity contribution is 8.00. The van der Waals surface area contributed by atoms with Crippen LogP contribution < -0.4 is 5.32 Å². The van der Waals surface area contributed by atoms with E-state index in [4.69, 9.17) is 0 Å².